The van der Waals surface area contributed by atoms with Crippen molar-refractivity contribution in [2.45, 2.75) is 20.3 Å². The maximum Gasteiger partial charge on any atom is 0.265 e. The highest BCUT2D eigenvalue weighted by atomic mass is 32.1. The van der Waals surface area contributed by atoms with E-state index in [1.807, 2.05) is 36.6 Å². The summed E-state index contributed by atoms with van der Waals surface area (Å²) in [5, 5.41) is 9.80. The summed E-state index contributed by atoms with van der Waals surface area (Å²) in [6, 6.07) is 9.36. The maximum atomic E-state index is 12.1. The molecule has 0 atom stereocenters. The van der Waals surface area contributed by atoms with Gasteiger partial charge in [0.15, 0.2) is 0 Å². The van der Waals surface area contributed by atoms with Crippen LogP contribution in [0, 0.1) is 0 Å². The Balaban J connectivity index is 1.77. The zero-order valence-corrected chi connectivity index (χ0v) is 14.4. The first-order chi connectivity index (χ1) is 11.2. The molecule has 0 saturated heterocycles. The molecule has 2 heterocycles. The molecule has 0 bridgehead atoms. The third-order valence-electron chi connectivity index (χ3n) is 3.25. The number of rotatable bonds is 5. The van der Waals surface area contributed by atoms with Gasteiger partial charge in [-0.3, -0.25) is 10.2 Å². The van der Waals surface area contributed by atoms with E-state index in [1.165, 1.54) is 22.7 Å². The summed E-state index contributed by atoms with van der Waals surface area (Å²) in [7, 11) is 0. The number of amides is 1. The highest BCUT2D eigenvalue weighted by molar-refractivity contribution is 7.22. The number of benzene rings is 1. The van der Waals surface area contributed by atoms with E-state index in [1.54, 1.807) is 6.07 Å². The van der Waals surface area contributed by atoms with Gasteiger partial charge in [0.05, 0.1) is 15.1 Å². The molecule has 23 heavy (non-hydrogen) atoms. The van der Waals surface area contributed by atoms with Crippen LogP contribution in [0.5, 0.6) is 0 Å². The number of hydrogen-bond donors (Lipinski definition) is 2. The second-order valence-corrected chi connectivity index (χ2v) is 6.92. The highest BCUT2D eigenvalue weighted by Crippen LogP contribution is 2.28. The first-order valence-corrected chi connectivity index (χ1v) is 8.90. The summed E-state index contributed by atoms with van der Waals surface area (Å²) < 4.78 is 1.00. The molecule has 0 radical (unpaired) electrons. The number of carbonyl (C=O) groups excluding carboxylic acids is 1. The number of hydrogen-bond acceptors (Lipinski definition) is 6. The van der Waals surface area contributed by atoms with Crippen LogP contribution < -0.4 is 10.7 Å². The van der Waals surface area contributed by atoms with Gasteiger partial charge in [-0.1, -0.05) is 24.3 Å². The van der Waals surface area contributed by atoms with E-state index in [9.17, 15) is 4.79 Å². The second kappa shape index (κ2) is 6.89. The predicted molar refractivity (Wildman–Crippen MR) is 98.9 cm³/mol. The van der Waals surface area contributed by atoms with E-state index >= 15 is 0 Å². The Morgan fingerprint density at radius 1 is 1.35 bits per heavy atom. The summed E-state index contributed by atoms with van der Waals surface area (Å²) in [4.78, 5) is 17.3. The van der Waals surface area contributed by atoms with Crippen LogP contribution in [0.15, 0.2) is 40.8 Å². The van der Waals surface area contributed by atoms with Gasteiger partial charge in [0.1, 0.15) is 0 Å². The number of nitrogens with zero attached hydrogens (tertiary/aromatic N) is 2. The Morgan fingerprint density at radius 2 is 2.22 bits per heavy atom. The van der Waals surface area contributed by atoms with Crippen LogP contribution in [0.4, 0.5) is 10.8 Å². The van der Waals surface area contributed by atoms with Crippen LogP contribution in [-0.4, -0.2) is 16.6 Å². The second-order valence-electron chi connectivity index (χ2n) is 4.95. The molecular formula is C16H16N4OS2. The van der Waals surface area contributed by atoms with Crippen LogP contribution in [0.3, 0.4) is 0 Å². The molecule has 0 aliphatic carbocycles. The first kappa shape index (κ1) is 15.6. The number of carbonyl (C=O) groups is 1. The minimum atomic E-state index is -0.0922. The molecule has 0 spiro atoms. The van der Waals surface area contributed by atoms with Crippen molar-refractivity contribution in [2.24, 2.45) is 5.10 Å². The Labute approximate surface area is 142 Å². The van der Waals surface area contributed by atoms with Crippen LogP contribution in [-0.2, 0) is 0 Å². The molecule has 118 valence electrons. The molecule has 2 aromatic heterocycles. The largest absolute Gasteiger partial charge is 0.321 e. The first-order valence-electron chi connectivity index (χ1n) is 7.20. The SMILES string of the molecule is CC/C(C)=N\Nc1nc2ccc(NC(=O)c3cccs3)cc2s1. The van der Waals surface area contributed by atoms with E-state index in [0.29, 0.717) is 4.88 Å². The number of aromatic nitrogens is 1. The summed E-state index contributed by atoms with van der Waals surface area (Å²) in [6.45, 7) is 4.03. The molecule has 1 aromatic carbocycles. The van der Waals surface area contributed by atoms with E-state index in [2.05, 4.69) is 27.8 Å². The number of thiazole rings is 1. The van der Waals surface area contributed by atoms with Gasteiger partial charge in [-0.25, -0.2) is 4.98 Å². The molecule has 0 aliphatic heterocycles. The molecule has 0 saturated carbocycles. The summed E-state index contributed by atoms with van der Waals surface area (Å²) >= 11 is 2.93. The molecule has 0 fully saturated rings. The minimum Gasteiger partial charge on any atom is -0.321 e. The number of fused-ring (bicyclic) bond motifs is 1. The average molecular weight is 344 g/mol. The predicted octanol–water partition coefficient (Wildman–Crippen LogP) is 4.81. The van der Waals surface area contributed by atoms with Gasteiger partial charge < -0.3 is 5.32 Å². The monoisotopic (exact) mass is 344 g/mol. The summed E-state index contributed by atoms with van der Waals surface area (Å²) in [6.07, 6.45) is 0.900. The van der Waals surface area contributed by atoms with E-state index in [-0.39, 0.29) is 5.91 Å². The van der Waals surface area contributed by atoms with Crippen molar-refractivity contribution in [2.75, 3.05) is 10.7 Å². The molecule has 5 nitrogen and oxygen atoms in total. The van der Waals surface area contributed by atoms with Gasteiger partial charge in [0.2, 0.25) is 5.13 Å². The fourth-order valence-electron chi connectivity index (χ4n) is 1.87. The third kappa shape index (κ3) is 3.75. The molecular weight excluding hydrogens is 328 g/mol. The van der Waals surface area contributed by atoms with Crippen molar-refractivity contribution in [3.63, 3.8) is 0 Å². The quantitative estimate of drug-likeness (QED) is 0.516. The number of nitrogens with one attached hydrogen (secondary N) is 2. The lowest BCUT2D eigenvalue weighted by Crippen LogP contribution is -2.09. The Bertz CT molecular complexity index is 852. The van der Waals surface area contributed by atoms with Crippen molar-refractivity contribution in [1.82, 2.24) is 4.98 Å². The summed E-state index contributed by atoms with van der Waals surface area (Å²) in [5.74, 6) is -0.0922. The highest BCUT2D eigenvalue weighted by Gasteiger charge is 2.09. The Kier molecular flexibility index (Phi) is 4.68. The van der Waals surface area contributed by atoms with Gasteiger partial charge in [-0.05, 0) is 43.0 Å². The fraction of sp³-hybridized carbons (Fsp3) is 0.188. The maximum absolute atomic E-state index is 12.1. The lowest BCUT2D eigenvalue weighted by Gasteiger charge is -2.02. The standard InChI is InChI=1S/C16H16N4OS2/c1-3-10(2)19-20-16-18-12-7-6-11(9-14(12)23-16)17-15(21)13-5-4-8-22-13/h4-9H,3H2,1-2H3,(H,17,21)(H,18,20)/b19-10-. The molecule has 3 rings (SSSR count). The topological polar surface area (TPSA) is 66.4 Å². The van der Waals surface area contributed by atoms with Crippen LogP contribution in [0.2, 0.25) is 0 Å². The van der Waals surface area contributed by atoms with Crippen molar-refractivity contribution < 1.29 is 4.79 Å². The molecule has 1 amide bonds. The minimum absolute atomic E-state index is 0.0922. The van der Waals surface area contributed by atoms with E-state index in [4.69, 9.17) is 0 Å². The van der Waals surface area contributed by atoms with Gasteiger partial charge in [0, 0.05) is 11.4 Å². The van der Waals surface area contributed by atoms with Crippen LogP contribution in [0.1, 0.15) is 29.9 Å². The number of thiophene rings is 1. The lowest BCUT2D eigenvalue weighted by molar-refractivity contribution is 0.103. The third-order valence-corrected chi connectivity index (χ3v) is 5.04. The smallest absolute Gasteiger partial charge is 0.265 e. The van der Waals surface area contributed by atoms with Gasteiger partial charge in [0.25, 0.3) is 5.91 Å². The molecule has 0 aliphatic rings. The van der Waals surface area contributed by atoms with E-state index < -0.39 is 0 Å². The van der Waals surface area contributed by atoms with Crippen molar-refractivity contribution in [3.8, 4) is 0 Å². The van der Waals surface area contributed by atoms with Gasteiger partial charge >= 0.3 is 0 Å². The normalized spacial score (nSPS) is 11.7. The van der Waals surface area contributed by atoms with Crippen LogP contribution in [0.25, 0.3) is 10.2 Å². The van der Waals surface area contributed by atoms with Crippen molar-refractivity contribution >= 4 is 55.3 Å². The van der Waals surface area contributed by atoms with E-state index in [0.717, 1.165) is 33.2 Å². The van der Waals surface area contributed by atoms with Crippen LogP contribution >= 0.6 is 22.7 Å². The Hall–Kier alpha value is -2.25. The van der Waals surface area contributed by atoms with Gasteiger partial charge in [-0.2, -0.15) is 5.10 Å². The van der Waals surface area contributed by atoms with Crippen molar-refractivity contribution in [1.29, 1.82) is 0 Å². The molecule has 7 heteroatoms. The number of anilines is 2. The fourth-order valence-corrected chi connectivity index (χ4v) is 3.34. The Morgan fingerprint density at radius 3 is 2.96 bits per heavy atom. The average Bonchev–Trinajstić information content (AvgIpc) is 3.21. The zero-order valence-electron chi connectivity index (χ0n) is 12.8. The van der Waals surface area contributed by atoms with Gasteiger partial charge in [-0.15, -0.1) is 11.3 Å². The molecule has 3 aromatic rings. The zero-order chi connectivity index (χ0) is 16.2. The molecule has 2 N–H and O–H groups in total. The lowest BCUT2D eigenvalue weighted by atomic mass is 10.3. The van der Waals surface area contributed by atoms with Crippen molar-refractivity contribution in [3.05, 3.63) is 40.6 Å². The summed E-state index contributed by atoms with van der Waals surface area (Å²) in [5.41, 5.74) is 5.65. The number of hydrazone groups is 1. The molecule has 0 unspecified atom stereocenters.